The van der Waals surface area contributed by atoms with Crippen LogP contribution in [0.4, 0.5) is 0 Å². The Labute approximate surface area is 188 Å². The summed E-state index contributed by atoms with van der Waals surface area (Å²) in [6, 6.07) is 36.3. The number of hydrogen-bond donors (Lipinski definition) is 0. The Kier molecular flexibility index (Phi) is 5.34. The second-order valence-corrected chi connectivity index (χ2v) is 8.21. The lowest BCUT2D eigenvalue weighted by molar-refractivity contribution is -0.120. The van der Waals surface area contributed by atoms with Crippen LogP contribution in [0.2, 0.25) is 0 Å². The quantitative estimate of drug-likeness (QED) is 0.380. The minimum atomic E-state index is -1.00. The molecule has 0 saturated heterocycles. The first-order chi connectivity index (χ1) is 15.7. The first-order valence-corrected chi connectivity index (χ1v) is 10.9. The van der Waals surface area contributed by atoms with Gasteiger partial charge in [-0.1, -0.05) is 109 Å². The number of fused-ring (bicyclic) bond motifs is 1. The molecule has 0 aliphatic carbocycles. The summed E-state index contributed by atoms with van der Waals surface area (Å²) in [5.74, 6) is -0.0165. The summed E-state index contributed by atoms with van der Waals surface area (Å²) >= 11 is 0. The molecule has 3 heteroatoms. The van der Waals surface area contributed by atoms with E-state index < -0.39 is 5.72 Å². The smallest absolute Gasteiger partial charge is 0.257 e. The zero-order valence-electron chi connectivity index (χ0n) is 18.1. The first kappa shape index (κ1) is 20.2. The van der Waals surface area contributed by atoms with Gasteiger partial charge in [-0.25, -0.2) is 0 Å². The average molecular weight is 420 g/mol. The highest BCUT2D eigenvalue weighted by Crippen LogP contribution is 2.46. The Morgan fingerprint density at radius 3 is 2.06 bits per heavy atom. The van der Waals surface area contributed by atoms with E-state index in [1.54, 1.807) is 0 Å². The van der Waals surface area contributed by atoms with Crippen LogP contribution in [-0.4, -0.2) is 10.8 Å². The first-order valence-electron chi connectivity index (χ1n) is 10.9. The fraction of sp³-hybridized carbons (Fsp3) is 0.138. The largest absolute Gasteiger partial charge is 0.342 e. The van der Waals surface area contributed by atoms with Crippen LogP contribution in [-0.2, 0) is 23.6 Å². The normalized spacial score (nSPS) is 17.4. The Morgan fingerprint density at radius 2 is 1.34 bits per heavy atom. The molecule has 4 aromatic carbocycles. The van der Waals surface area contributed by atoms with Crippen LogP contribution in [0.25, 0.3) is 0 Å². The van der Waals surface area contributed by atoms with Gasteiger partial charge in [-0.3, -0.25) is 9.69 Å². The summed E-state index contributed by atoms with van der Waals surface area (Å²) < 4.78 is 6.79. The molecule has 1 unspecified atom stereocenters. The van der Waals surface area contributed by atoms with E-state index >= 15 is 0 Å². The molecule has 1 amide bonds. The Balaban J connectivity index is 1.65. The van der Waals surface area contributed by atoms with Gasteiger partial charge in [0.25, 0.3) is 5.91 Å². The molecule has 1 heterocycles. The predicted molar refractivity (Wildman–Crippen MR) is 126 cm³/mol. The second kappa shape index (κ2) is 8.45. The second-order valence-electron chi connectivity index (χ2n) is 8.21. The van der Waals surface area contributed by atoms with Crippen LogP contribution in [0, 0.1) is 6.92 Å². The van der Waals surface area contributed by atoms with Crippen molar-refractivity contribution in [1.82, 2.24) is 4.90 Å². The van der Waals surface area contributed by atoms with Crippen molar-refractivity contribution in [3.05, 3.63) is 143 Å². The summed E-state index contributed by atoms with van der Waals surface area (Å²) in [4.78, 5) is 15.6. The third kappa shape index (κ3) is 3.51. The maximum absolute atomic E-state index is 13.7. The number of aryl methyl sites for hydroxylation is 1. The van der Waals surface area contributed by atoms with E-state index in [-0.39, 0.29) is 5.91 Å². The van der Waals surface area contributed by atoms with Gasteiger partial charge in [0.1, 0.15) is 0 Å². The molecule has 0 N–H and O–H groups in total. The zero-order valence-corrected chi connectivity index (χ0v) is 18.1. The van der Waals surface area contributed by atoms with E-state index in [0.717, 1.165) is 22.3 Å². The molecule has 4 aromatic rings. The summed E-state index contributed by atoms with van der Waals surface area (Å²) in [7, 11) is 0. The van der Waals surface area contributed by atoms with Gasteiger partial charge in [-0.15, -0.1) is 0 Å². The number of nitrogens with zero attached hydrogens (tertiary/aromatic N) is 1. The lowest BCUT2D eigenvalue weighted by atomic mass is 9.93. The van der Waals surface area contributed by atoms with Gasteiger partial charge in [0.15, 0.2) is 5.72 Å². The minimum Gasteiger partial charge on any atom is -0.342 e. The van der Waals surface area contributed by atoms with Gasteiger partial charge < -0.3 is 4.74 Å². The molecule has 158 valence electrons. The molecule has 0 radical (unpaired) electrons. The Morgan fingerprint density at radius 1 is 0.719 bits per heavy atom. The molecule has 3 nitrogen and oxygen atoms in total. The molecule has 0 bridgehead atoms. The van der Waals surface area contributed by atoms with E-state index in [9.17, 15) is 4.79 Å². The van der Waals surface area contributed by atoms with Gasteiger partial charge in [0.2, 0.25) is 0 Å². The van der Waals surface area contributed by atoms with Crippen molar-refractivity contribution >= 4 is 5.91 Å². The van der Waals surface area contributed by atoms with Gasteiger partial charge in [0.05, 0.1) is 6.61 Å². The van der Waals surface area contributed by atoms with Crippen LogP contribution in [0.1, 0.15) is 38.2 Å². The molecule has 1 aliphatic rings. The summed E-state index contributed by atoms with van der Waals surface area (Å²) in [5.41, 5.74) is 4.86. The number of carbonyl (C=O) groups is 1. The highest BCUT2D eigenvalue weighted by atomic mass is 16.5. The van der Waals surface area contributed by atoms with Crippen molar-refractivity contribution in [2.24, 2.45) is 0 Å². The van der Waals surface area contributed by atoms with Gasteiger partial charge in [-0.2, -0.15) is 0 Å². The third-order valence-electron chi connectivity index (χ3n) is 6.06. The molecule has 5 rings (SSSR count). The maximum atomic E-state index is 13.7. The lowest BCUT2D eigenvalue weighted by Gasteiger charge is -2.39. The van der Waals surface area contributed by atoms with Crippen LogP contribution in [0.15, 0.2) is 109 Å². The SMILES string of the molecule is Cc1ccc(COC2(c3ccccc3)c3ccccc3C(=O)N2Cc2ccccc2)cc1. The van der Waals surface area contributed by atoms with E-state index in [4.69, 9.17) is 4.74 Å². The monoisotopic (exact) mass is 419 g/mol. The van der Waals surface area contributed by atoms with Crippen molar-refractivity contribution in [3.63, 3.8) is 0 Å². The van der Waals surface area contributed by atoms with Crippen LogP contribution in [0.5, 0.6) is 0 Å². The third-order valence-corrected chi connectivity index (χ3v) is 6.06. The summed E-state index contributed by atoms with van der Waals surface area (Å²) in [6.45, 7) is 2.92. The Hall–Kier alpha value is -3.69. The lowest BCUT2D eigenvalue weighted by Crippen LogP contribution is -2.46. The molecule has 0 fully saturated rings. The number of amides is 1. The standard InChI is InChI=1S/C29H25NO2/c1-22-16-18-24(19-17-22)21-32-29(25-12-6-3-7-13-25)27-15-9-8-14-26(27)28(31)30(29)20-23-10-4-2-5-11-23/h2-19H,20-21H2,1H3. The van der Waals surface area contributed by atoms with Crippen LogP contribution in [0.3, 0.4) is 0 Å². The maximum Gasteiger partial charge on any atom is 0.257 e. The summed E-state index contributed by atoms with van der Waals surface area (Å²) in [5, 5.41) is 0. The highest BCUT2D eigenvalue weighted by molar-refractivity contribution is 6.00. The molecule has 1 atom stereocenters. The average Bonchev–Trinajstić information content (AvgIpc) is 3.08. The topological polar surface area (TPSA) is 29.5 Å². The van der Waals surface area contributed by atoms with Gasteiger partial charge in [-0.05, 0) is 24.1 Å². The number of ether oxygens (including phenoxy) is 1. The van der Waals surface area contributed by atoms with Crippen molar-refractivity contribution < 1.29 is 9.53 Å². The number of hydrogen-bond acceptors (Lipinski definition) is 2. The van der Waals surface area contributed by atoms with E-state index in [1.807, 2.05) is 89.8 Å². The fourth-order valence-corrected chi connectivity index (χ4v) is 4.43. The molecular weight excluding hydrogens is 394 g/mol. The van der Waals surface area contributed by atoms with E-state index in [0.29, 0.717) is 18.7 Å². The molecular formula is C29H25NO2. The van der Waals surface area contributed by atoms with Crippen molar-refractivity contribution in [1.29, 1.82) is 0 Å². The number of rotatable bonds is 6. The molecule has 0 aromatic heterocycles. The number of carbonyl (C=O) groups excluding carboxylic acids is 1. The van der Waals surface area contributed by atoms with Gasteiger partial charge in [0, 0.05) is 23.2 Å². The minimum absolute atomic E-state index is 0.0165. The predicted octanol–water partition coefficient (Wildman–Crippen LogP) is 6.07. The van der Waals surface area contributed by atoms with E-state index in [1.165, 1.54) is 5.56 Å². The molecule has 0 saturated carbocycles. The van der Waals surface area contributed by atoms with Crippen molar-refractivity contribution in [2.75, 3.05) is 0 Å². The fourth-order valence-electron chi connectivity index (χ4n) is 4.43. The Bertz CT molecular complexity index is 1220. The summed E-state index contributed by atoms with van der Waals surface area (Å²) in [6.07, 6.45) is 0. The molecule has 1 aliphatic heterocycles. The molecule has 32 heavy (non-hydrogen) atoms. The van der Waals surface area contributed by atoms with Crippen LogP contribution < -0.4 is 0 Å². The van der Waals surface area contributed by atoms with Crippen LogP contribution >= 0.6 is 0 Å². The van der Waals surface area contributed by atoms with Crippen molar-refractivity contribution in [3.8, 4) is 0 Å². The highest BCUT2D eigenvalue weighted by Gasteiger charge is 2.52. The zero-order chi connectivity index (χ0) is 22.0. The van der Waals surface area contributed by atoms with Crippen molar-refractivity contribution in [2.45, 2.75) is 25.8 Å². The molecule has 0 spiro atoms. The van der Waals surface area contributed by atoms with Gasteiger partial charge >= 0.3 is 0 Å². The van der Waals surface area contributed by atoms with E-state index in [2.05, 4.69) is 31.2 Å². The number of benzene rings is 4.